The number of H-pyrrole nitrogens is 1. The highest BCUT2D eigenvalue weighted by Crippen LogP contribution is 2.28. The van der Waals surface area contributed by atoms with Crippen LogP contribution < -0.4 is 5.56 Å². The second-order valence-corrected chi connectivity index (χ2v) is 4.83. The number of nitrogens with zero attached hydrogens (tertiary/aromatic N) is 1. The maximum atomic E-state index is 11.4. The minimum atomic E-state index is -0.0522. The number of halogens is 1. The van der Waals surface area contributed by atoms with Crippen LogP contribution in [0.15, 0.2) is 41.3 Å². The van der Waals surface area contributed by atoms with Crippen LogP contribution in [0.2, 0.25) is 5.02 Å². The lowest BCUT2D eigenvalue weighted by atomic mass is 10.1. The Hall–Kier alpha value is -1.65. The molecule has 0 unspecified atom stereocenters. The Kier molecular flexibility index (Phi) is 2.46. The van der Waals surface area contributed by atoms with Crippen molar-refractivity contribution in [1.29, 1.82) is 0 Å². The number of benzene rings is 1. The highest BCUT2D eigenvalue weighted by atomic mass is 35.5. The number of aromatic nitrogens is 2. The number of pyridine rings is 1. The van der Waals surface area contributed by atoms with Crippen LogP contribution in [-0.4, -0.2) is 9.36 Å². The second-order valence-electron chi connectivity index (χ2n) is 3.58. The molecule has 0 atom stereocenters. The summed E-state index contributed by atoms with van der Waals surface area (Å²) < 4.78 is 3.61. The lowest BCUT2D eigenvalue weighted by Crippen LogP contribution is -1.95. The highest BCUT2D eigenvalue weighted by molar-refractivity contribution is 7.13. The van der Waals surface area contributed by atoms with Crippen LogP contribution in [-0.2, 0) is 0 Å². The van der Waals surface area contributed by atoms with Crippen LogP contribution in [0.1, 0.15) is 0 Å². The van der Waals surface area contributed by atoms with Gasteiger partial charge in [-0.3, -0.25) is 14.2 Å². The first-order chi connectivity index (χ1) is 8.25. The van der Waals surface area contributed by atoms with E-state index in [1.165, 1.54) is 11.5 Å². The molecule has 3 rings (SSSR count). The van der Waals surface area contributed by atoms with Crippen molar-refractivity contribution >= 4 is 33.2 Å². The smallest absolute Gasteiger partial charge is 0.265 e. The lowest BCUT2D eigenvalue weighted by molar-refractivity contribution is 1.33. The molecule has 0 spiro atoms. The van der Waals surface area contributed by atoms with Gasteiger partial charge in [0, 0.05) is 11.8 Å². The Morgan fingerprint density at radius 1 is 1.29 bits per heavy atom. The fourth-order valence-electron chi connectivity index (χ4n) is 1.70. The fraction of sp³-hybridized carbons (Fsp3) is 0. The van der Waals surface area contributed by atoms with Gasteiger partial charge in [-0.25, -0.2) is 0 Å². The van der Waals surface area contributed by atoms with Crippen LogP contribution in [0.5, 0.6) is 0 Å². The van der Waals surface area contributed by atoms with E-state index in [1.807, 2.05) is 12.1 Å². The molecule has 1 aromatic carbocycles. The number of nitrogens with one attached hydrogen (secondary N) is 1. The van der Waals surface area contributed by atoms with Gasteiger partial charge in [-0.1, -0.05) is 29.2 Å². The maximum Gasteiger partial charge on any atom is 0.265 e. The third-order valence-electron chi connectivity index (χ3n) is 2.51. The van der Waals surface area contributed by atoms with Gasteiger partial charge in [0.15, 0.2) is 0 Å². The van der Waals surface area contributed by atoms with E-state index in [-0.39, 0.29) is 5.56 Å². The molecule has 0 saturated heterocycles. The van der Waals surface area contributed by atoms with Crippen LogP contribution in [0, 0.1) is 0 Å². The predicted molar refractivity (Wildman–Crippen MR) is 70.7 cm³/mol. The summed E-state index contributed by atoms with van der Waals surface area (Å²) in [5, 5.41) is 1.31. The van der Waals surface area contributed by atoms with Crippen molar-refractivity contribution in [2.24, 2.45) is 0 Å². The van der Waals surface area contributed by atoms with E-state index in [9.17, 15) is 4.79 Å². The lowest BCUT2D eigenvalue weighted by Gasteiger charge is -2.02. The molecule has 2 heterocycles. The molecular weight excluding hydrogens is 256 g/mol. The van der Waals surface area contributed by atoms with Gasteiger partial charge in [-0.2, -0.15) is 0 Å². The van der Waals surface area contributed by atoms with Crippen molar-refractivity contribution in [2.45, 2.75) is 0 Å². The molecule has 2 aromatic heterocycles. The van der Waals surface area contributed by atoms with Crippen molar-refractivity contribution in [1.82, 2.24) is 9.36 Å². The summed E-state index contributed by atoms with van der Waals surface area (Å²) in [6, 6.07) is 9.17. The van der Waals surface area contributed by atoms with Gasteiger partial charge < -0.3 is 0 Å². The molecule has 17 heavy (non-hydrogen) atoms. The van der Waals surface area contributed by atoms with Crippen molar-refractivity contribution in [3.63, 3.8) is 0 Å². The number of aromatic amines is 1. The van der Waals surface area contributed by atoms with E-state index in [4.69, 9.17) is 11.6 Å². The largest absolute Gasteiger partial charge is 0.277 e. The first kappa shape index (κ1) is 10.5. The average molecular weight is 263 g/mol. The summed E-state index contributed by atoms with van der Waals surface area (Å²) in [4.78, 5) is 15.7. The molecule has 0 saturated carbocycles. The number of rotatable bonds is 1. The van der Waals surface area contributed by atoms with E-state index >= 15 is 0 Å². The standard InChI is InChI=1S/C12H7ClN2OS/c13-9-2-1-5-14-11(9)7-3-4-8-10(6-7)17-15-12(8)16/h1-6H,(H,15,16). The third-order valence-corrected chi connectivity index (χ3v) is 3.66. The maximum absolute atomic E-state index is 11.4. The normalized spacial score (nSPS) is 10.9. The first-order valence-electron chi connectivity index (χ1n) is 4.98. The SMILES string of the molecule is O=c1[nH]sc2cc(-c3ncccc3Cl)ccc12. The molecule has 0 aliphatic rings. The summed E-state index contributed by atoms with van der Waals surface area (Å²) in [6.07, 6.45) is 1.70. The van der Waals surface area contributed by atoms with E-state index in [0.29, 0.717) is 10.4 Å². The Labute approximate surface area is 106 Å². The van der Waals surface area contributed by atoms with Crippen LogP contribution in [0.25, 0.3) is 21.3 Å². The quantitative estimate of drug-likeness (QED) is 0.731. The molecule has 0 aliphatic carbocycles. The molecule has 0 amide bonds. The third kappa shape index (κ3) is 1.75. The van der Waals surface area contributed by atoms with Gasteiger partial charge >= 0.3 is 0 Å². The zero-order valence-corrected chi connectivity index (χ0v) is 10.2. The van der Waals surface area contributed by atoms with E-state index in [2.05, 4.69) is 9.36 Å². The van der Waals surface area contributed by atoms with E-state index < -0.39 is 0 Å². The zero-order chi connectivity index (χ0) is 11.8. The fourth-order valence-corrected chi connectivity index (χ4v) is 2.70. The van der Waals surface area contributed by atoms with Gasteiger partial charge in [0.2, 0.25) is 0 Å². The topological polar surface area (TPSA) is 45.8 Å². The van der Waals surface area contributed by atoms with Crippen LogP contribution >= 0.6 is 23.1 Å². The molecule has 0 aliphatic heterocycles. The van der Waals surface area contributed by atoms with Crippen molar-refractivity contribution in [3.8, 4) is 11.3 Å². The summed E-state index contributed by atoms with van der Waals surface area (Å²) in [7, 11) is 0. The van der Waals surface area contributed by atoms with Gasteiger partial charge in [-0.05, 0) is 24.3 Å². The molecule has 0 radical (unpaired) electrons. The molecule has 0 bridgehead atoms. The van der Waals surface area contributed by atoms with Crippen LogP contribution in [0.3, 0.4) is 0 Å². The zero-order valence-electron chi connectivity index (χ0n) is 8.61. The number of hydrogen-bond donors (Lipinski definition) is 1. The molecule has 0 fully saturated rings. The molecule has 5 heteroatoms. The predicted octanol–water partition coefficient (Wildman–Crippen LogP) is 3.31. The molecule has 3 nitrogen and oxygen atoms in total. The Balaban J connectivity index is 2.25. The summed E-state index contributed by atoms with van der Waals surface area (Å²) in [5.74, 6) is 0. The number of hydrogen-bond acceptors (Lipinski definition) is 3. The Morgan fingerprint density at radius 3 is 3.00 bits per heavy atom. The molecule has 84 valence electrons. The average Bonchev–Trinajstić information content (AvgIpc) is 2.71. The molecular formula is C12H7ClN2OS. The monoisotopic (exact) mass is 262 g/mol. The first-order valence-corrected chi connectivity index (χ1v) is 6.17. The Morgan fingerprint density at radius 2 is 2.18 bits per heavy atom. The molecule has 3 aromatic rings. The Bertz CT molecular complexity index is 747. The van der Waals surface area contributed by atoms with Crippen molar-refractivity contribution in [3.05, 3.63) is 51.9 Å². The van der Waals surface area contributed by atoms with E-state index in [0.717, 1.165) is 16.0 Å². The van der Waals surface area contributed by atoms with Gasteiger partial charge in [0.05, 0.1) is 20.8 Å². The second kappa shape index (κ2) is 3.98. The van der Waals surface area contributed by atoms with Gasteiger partial charge in [0.1, 0.15) is 0 Å². The van der Waals surface area contributed by atoms with Crippen LogP contribution in [0.4, 0.5) is 0 Å². The van der Waals surface area contributed by atoms with Gasteiger partial charge in [-0.15, -0.1) is 0 Å². The minimum absolute atomic E-state index is 0.0522. The minimum Gasteiger partial charge on any atom is -0.277 e. The summed E-state index contributed by atoms with van der Waals surface area (Å²) in [6.45, 7) is 0. The van der Waals surface area contributed by atoms with E-state index in [1.54, 1.807) is 24.4 Å². The van der Waals surface area contributed by atoms with Crippen molar-refractivity contribution in [2.75, 3.05) is 0 Å². The summed E-state index contributed by atoms with van der Waals surface area (Å²) >= 11 is 7.41. The highest BCUT2D eigenvalue weighted by Gasteiger charge is 2.07. The summed E-state index contributed by atoms with van der Waals surface area (Å²) in [5.41, 5.74) is 1.60. The number of fused-ring (bicyclic) bond motifs is 1. The van der Waals surface area contributed by atoms with Gasteiger partial charge in [0.25, 0.3) is 5.56 Å². The van der Waals surface area contributed by atoms with Crippen molar-refractivity contribution < 1.29 is 0 Å². The molecule has 1 N–H and O–H groups in total.